The molecule has 3 nitrogen and oxygen atoms in total. The Hall–Kier alpha value is -0.930. The Kier molecular flexibility index (Phi) is 6.16. The van der Waals surface area contributed by atoms with Gasteiger partial charge in [-0.3, -0.25) is 4.98 Å². The smallest absolute Gasteiger partial charge is 0.0375 e. The predicted molar refractivity (Wildman–Crippen MR) is 73.0 cm³/mol. The molecule has 1 heterocycles. The van der Waals surface area contributed by atoms with Crippen molar-refractivity contribution in [3.8, 4) is 0 Å². The van der Waals surface area contributed by atoms with Gasteiger partial charge in [0.05, 0.1) is 0 Å². The second-order valence-electron chi connectivity index (χ2n) is 5.14. The highest BCUT2D eigenvalue weighted by atomic mass is 15.1. The number of rotatable bonds is 7. The molecule has 1 aromatic heterocycles. The minimum Gasteiger partial charge on any atom is -0.315 e. The summed E-state index contributed by atoms with van der Waals surface area (Å²) in [4.78, 5) is 6.55. The van der Waals surface area contributed by atoms with Crippen molar-refractivity contribution in [1.29, 1.82) is 0 Å². The Balaban J connectivity index is 2.23. The summed E-state index contributed by atoms with van der Waals surface area (Å²) in [6.07, 6.45) is 1.88. The van der Waals surface area contributed by atoms with Gasteiger partial charge in [-0.25, -0.2) is 0 Å². The molecule has 17 heavy (non-hydrogen) atoms. The first kappa shape index (κ1) is 14.1. The standard InChI is InChI=1S/C14H25N3/c1-12(2)10-15-7-8-17(4)11-14-5-6-16-13(3)9-14/h5-6,9,12,15H,7-8,10-11H2,1-4H3. The molecule has 0 aliphatic rings. The first-order chi connectivity index (χ1) is 8.08. The van der Waals surface area contributed by atoms with E-state index in [1.165, 1.54) is 5.56 Å². The minimum atomic E-state index is 0.725. The lowest BCUT2D eigenvalue weighted by molar-refractivity contribution is 0.321. The van der Waals surface area contributed by atoms with E-state index in [0.717, 1.165) is 37.8 Å². The van der Waals surface area contributed by atoms with Gasteiger partial charge in [0.25, 0.3) is 0 Å². The van der Waals surface area contributed by atoms with Gasteiger partial charge >= 0.3 is 0 Å². The van der Waals surface area contributed by atoms with Crippen molar-refractivity contribution in [3.05, 3.63) is 29.6 Å². The van der Waals surface area contributed by atoms with Crippen LogP contribution in [0.1, 0.15) is 25.1 Å². The molecule has 0 saturated carbocycles. The molecule has 0 amide bonds. The van der Waals surface area contributed by atoms with E-state index >= 15 is 0 Å². The Morgan fingerprint density at radius 1 is 1.41 bits per heavy atom. The molecule has 0 atom stereocenters. The van der Waals surface area contributed by atoms with Gasteiger partial charge in [0.1, 0.15) is 0 Å². The molecule has 0 bridgehead atoms. The largest absolute Gasteiger partial charge is 0.315 e. The number of pyridine rings is 1. The molecule has 0 unspecified atom stereocenters. The first-order valence-electron chi connectivity index (χ1n) is 6.38. The molecule has 0 aromatic carbocycles. The third-order valence-corrected chi connectivity index (χ3v) is 2.64. The fraction of sp³-hybridized carbons (Fsp3) is 0.643. The second kappa shape index (κ2) is 7.41. The van der Waals surface area contributed by atoms with Crippen LogP contribution in [0.2, 0.25) is 0 Å². The molecule has 1 rings (SSSR count). The number of hydrogen-bond acceptors (Lipinski definition) is 3. The summed E-state index contributed by atoms with van der Waals surface area (Å²) in [5, 5.41) is 3.46. The van der Waals surface area contributed by atoms with Crippen LogP contribution in [0.15, 0.2) is 18.3 Å². The summed E-state index contributed by atoms with van der Waals surface area (Å²) in [5.74, 6) is 0.725. The summed E-state index contributed by atoms with van der Waals surface area (Å²) in [7, 11) is 2.16. The average Bonchev–Trinajstić information content (AvgIpc) is 2.24. The van der Waals surface area contributed by atoms with Crippen LogP contribution in [0.5, 0.6) is 0 Å². The van der Waals surface area contributed by atoms with E-state index in [9.17, 15) is 0 Å². The third-order valence-electron chi connectivity index (χ3n) is 2.64. The highest BCUT2D eigenvalue weighted by Gasteiger charge is 2.01. The zero-order valence-electron chi connectivity index (χ0n) is 11.5. The highest BCUT2D eigenvalue weighted by Crippen LogP contribution is 2.03. The Labute approximate surface area is 105 Å². The van der Waals surface area contributed by atoms with Gasteiger partial charge in [-0.05, 0) is 44.1 Å². The van der Waals surface area contributed by atoms with Gasteiger partial charge in [0, 0.05) is 31.5 Å². The molecule has 0 aliphatic carbocycles. The lowest BCUT2D eigenvalue weighted by Gasteiger charge is -2.17. The van der Waals surface area contributed by atoms with Gasteiger partial charge < -0.3 is 10.2 Å². The molecular formula is C14H25N3. The van der Waals surface area contributed by atoms with Crippen molar-refractivity contribution in [2.45, 2.75) is 27.3 Å². The monoisotopic (exact) mass is 235 g/mol. The molecule has 0 aliphatic heterocycles. The molecule has 3 heteroatoms. The van der Waals surface area contributed by atoms with Crippen LogP contribution in [-0.4, -0.2) is 36.6 Å². The molecule has 1 N–H and O–H groups in total. The summed E-state index contributed by atoms with van der Waals surface area (Å²) in [6, 6.07) is 4.24. The van der Waals surface area contributed by atoms with Crippen LogP contribution in [0, 0.1) is 12.8 Å². The summed E-state index contributed by atoms with van der Waals surface area (Å²) in [5.41, 5.74) is 2.43. The molecular weight excluding hydrogens is 210 g/mol. The van der Waals surface area contributed by atoms with E-state index in [2.05, 4.69) is 48.2 Å². The molecule has 0 radical (unpaired) electrons. The van der Waals surface area contributed by atoms with Crippen LogP contribution in [0.3, 0.4) is 0 Å². The number of nitrogens with zero attached hydrogens (tertiary/aromatic N) is 2. The number of nitrogens with one attached hydrogen (secondary N) is 1. The van der Waals surface area contributed by atoms with E-state index in [0.29, 0.717) is 0 Å². The van der Waals surface area contributed by atoms with Gasteiger partial charge in [-0.1, -0.05) is 13.8 Å². The number of likely N-dealkylation sites (N-methyl/N-ethyl adjacent to an activating group) is 1. The lowest BCUT2D eigenvalue weighted by Crippen LogP contribution is -2.30. The SMILES string of the molecule is Cc1cc(CN(C)CCNCC(C)C)ccn1. The van der Waals surface area contributed by atoms with Crippen molar-refractivity contribution in [2.24, 2.45) is 5.92 Å². The van der Waals surface area contributed by atoms with Crippen molar-refractivity contribution in [2.75, 3.05) is 26.7 Å². The first-order valence-corrected chi connectivity index (χ1v) is 6.38. The van der Waals surface area contributed by atoms with Crippen molar-refractivity contribution in [1.82, 2.24) is 15.2 Å². The number of hydrogen-bond donors (Lipinski definition) is 1. The summed E-state index contributed by atoms with van der Waals surface area (Å²) >= 11 is 0. The zero-order chi connectivity index (χ0) is 12.7. The molecule has 96 valence electrons. The third kappa shape index (κ3) is 6.39. The van der Waals surface area contributed by atoms with Gasteiger partial charge in [-0.2, -0.15) is 0 Å². The van der Waals surface area contributed by atoms with Gasteiger partial charge in [0.15, 0.2) is 0 Å². The highest BCUT2D eigenvalue weighted by molar-refractivity contribution is 5.14. The Morgan fingerprint density at radius 2 is 2.18 bits per heavy atom. The van der Waals surface area contributed by atoms with Gasteiger partial charge in [0.2, 0.25) is 0 Å². The average molecular weight is 235 g/mol. The molecule has 0 spiro atoms. The Morgan fingerprint density at radius 3 is 2.82 bits per heavy atom. The minimum absolute atomic E-state index is 0.725. The van der Waals surface area contributed by atoms with Crippen molar-refractivity contribution in [3.63, 3.8) is 0 Å². The fourth-order valence-electron chi connectivity index (χ4n) is 1.75. The lowest BCUT2D eigenvalue weighted by atomic mass is 10.2. The van der Waals surface area contributed by atoms with Crippen molar-refractivity contribution < 1.29 is 0 Å². The van der Waals surface area contributed by atoms with Crippen LogP contribution >= 0.6 is 0 Å². The number of aromatic nitrogens is 1. The van der Waals surface area contributed by atoms with Crippen molar-refractivity contribution >= 4 is 0 Å². The van der Waals surface area contributed by atoms with E-state index in [1.54, 1.807) is 0 Å². The van der Waals surface area contributed by atoms with E-state index in [-0.39, 0.29) is 0 Å². The van der Waals surface area contributed by atoms with Crippen LogP contribution in [-0.2, 0) is 6.54 Å². The molecule has 0 saturated heterocycles. The second-order valence-corrected chi connectivity index (χ2v) is 5.14. The maximum absolute atomic E-state index is 4.21. The zero-order valence-corrected chi connectivity index (χ0v) is 11.5. The van der Waals surface area contributed by atoms with Gasteiger partial charge in [-0.15, -0.1) is 0 Å². The number of aryl methyl sites for hydroxylation is 1. The summed E-state index contributed by atoms with van der Waals surface area (Å²) in [6.45, 7) is 10.7. The fourth-order valence-corrected chi connectivity index (χ4v) is 1.75. The Bertz CT molecular complexity index is 323. The van der Waals surface area contributed by atoms with Crippen LogP contribution in [0.25, 0.3) is 0 Å². The normalized spacial score (nSPS) is 11.4. The topological polar surface area (TPSA) is 28.2 Å². The quantitative estimate of drug-likeness (QED) is 0.733. The molecule has 1 aromatic rings. The summed E-state index contributed by atoms with van der Waals surface area (Å²) < 4.78 is 0. The maximum Gasteiger partial charge on any atom is 0.0375 e. The van der Waals surface area contributed by atoms with Crippen LogP contribution in [0.4, 0.5) is 0 Å². The molecule has 0 fully saturated rings. The van der Waals surface area contributed by atoms with E-state index in [1.807, 2.05) is 13.1 Å². The van der Waals surface area contributed by atoms with E-state index < -0.39 is 0 Å². The predicted octanol–water partition coefficient (Wildman–Crippen LogP) is 2.07. The van der Waals surface area contributed by atoms with Crippen LogP contribution < -0.4 is 5.32 Å². The van der Waals surface area contributed by atoms with E-state index in [4.69, 9.17) is 0 Å². The maximum atomic E-state index is 4.21.